The van der Waals surface area contributed by atoms with Crippen molar-refractivity contribution in [1.29, 1.82) is 0 Å². The number of nitrogens with zero attached hydrogens (tertiary/aromatic N) is 3. The minimum absolute atomic E-state index is 0.0250. The topological polar surface area (TPSA) is 78.0 Å². The number of hydrazine groups is 1. The van der Waals surface area contributed by atoms with Crippen LogP contribution >= 0.6 is 0 Å². The van der Waals surface area contributed by atoms with Crippen LogP contribution in [0, 0.1) is 0 Å². The Bertz CT molecular complexity index is 362. The van der Waals surface area contributed by atoms with Gasteiger partial charge in [0.15, 0.2) is 0 Å². The molecule has 0 saturated carbocycles. The fraction of sp³-hybridized carbons (Fsp3) is 0.846. The molecule has 0 aromatic carbocycles. The lowest BCUT2D eigenvalue weighted by Gasteiger charge is -2.38. The molecule has 0 amide bonds. The van der Waals surface area contributed by atoms with Crippen LogP contribution in [0.4, 0.5) is 0 Å². The summed E-state index contributed by atoms with van der Waals surface area (Å²) in [6.07, 6.45) is 4.12. The second kappa shape index (κ2) is 7.57. The van der Waals surface area contributed by atoms with E-state index in [1.165, 1.54) is 0 Å². The summed E-state index contributed by atoms with van der Waals surface area (Å²) in [5, 5.41) is 4.20. The second-order valence-electron chi connectivity index (χ2n) is 4.62. The Morgan fingerprint density at radius 1 is 1.37 bits per heavy atom. The number of rotatable bonds is 9. The molecule has 1 aromatic rings. The van der Waals surface area contributed by atoms with Crippen molar-refractivity contribution in [3.8, 4) is 0 Å². The molecule has 3 N–H and O–H groups in total. The first kappa shape index (κ1) is 16.1. The molecule has 1 aromatic heterocycles. The maximum atomic E-state index is 6.00. The Kier molecular flexibility index (Phi) is 6.41. The summed E-state index contributed by atoms with van der Waals surface area (Å²) in [5.41, 5.74) is 2.66. The van der Waals surface area contributed by atoms with Crippen molar-refractivity contribution in [3.63, 3.8) is 0 Å². The van der Waals surface area contributed by atoms with E-state index in [9.17, 15) is 0 Å². The number of hydrogen-bond acceptors (Lipinski definition) is 5. The highest BCUT2D eigenvalue weighted by Gasteiger charge is 2.36. The normalized spacial score (nSPS) is 13.7. The van der Waals surface area contributed by atoms with E-state index >= 15 is 0 Å². The molecule has 19 heavy (non-hydrogen) atoms. The maximum absolute atomic E-state index is 6.00. The minimum atomic E-state index is -0.256. The molecule has 0 fully saturated rings. The highest BCUT2D eigenvalue weighted by molar-refractivity contribution is 4.98. The van der Waals surface area contributed by atoms with E-state index in [1.807, 2.05) is 11.6 Å². The predicted octanol–water partition coefficient (Wildman–Crippen LogP) is 1.27. The van der Waals surface area contributed by atoms with Gasteiger partial charge in [-0.2, -0.15) is 5.10 Å². The summed E-state index contributed by atoms with van der Waals surface area (Å²) in [4.78, 5) is 4.32. The summed E-state index contributed by atoms with van der Waals surface area (Å²) in [7, 11) is 0. The lowest BCUT2D eigenvalue weighted by Crippen LogP contribution is -2.55. The molecule has 0 aliphatic carbocycles. The lowest BCUT2D eigenvalue weighted by atomic mass is 9.86. The second-order valence-corrected chi connectivity index (χ2v) is 4.62. The third-order valence-electron chi connectivity index (χ3n) is 3.85. The van der Waals surface area contributed by atoms with Crippen LogP contribution < -0.4 is 11.3 Å². The number of nitrogens with one attached hydrogen (secondary N) is 1. The zero-order chi connectivity index (χ0) is 14.3. The van der Waals surface area contributed by atoms with Crippen LogP contribution in [0.2, 0.25) is 0 Å². The maximum Gasteiger partial charge on any atom is 0.138 e. The van der Waals surface area contributed by atoms with Crippen molar-refractivity contribution < 1.29 is 4.74 Å². The van der Waals surface area contributed by atoms with E-state index in [0.717, 1.165) is 25.2 Å². The van der Waals surface area contributed by atoms with Crippen LogP contribution in [-0.4, -0.2) is 33.0 Å². The van der Waals surface area contributed by atoms with Gasteiger partial charge in [-0.1, -0.05) is 13.8 Å². The molecule has 0 saturated heterocycles. The van der Waals surface area contributed by atoms with Crippen molar-refractivity contribution in [2.75, 3.05) is 6.61 Å². The molecule has 6 heteroatoms. The van der Waals surface area contributed by atoms with Crippen LogP contribution in [-0.2, 0) is 17.7 Å². The Labute approximate surface area is 115 Å². The SMILES string of the molecule is CCOC(CC)(CC)C(Cc1ncnn1CC)NN. The fourth-order valence-electron chi connectivity index (χ4n) is 2.62. The van der Waals surface area contributed by atoms with Gasteiger partial charge in [0, 0.05) is 19.6 Å². The van der Waals surface area contributed by atoms with Crippen LogP contribution in [0.25, 0.3) is 0 Å². The third kappa shape index (κ3) is 3.52. The van der Waals surface area contributed by atoms with Crippen molar-refractivity contribution in [2.24, 2.45) is 5.84 Å². The number of hydrogen-bond donors (Lipinski definition) is 2. The number of ether oxygens (including phenoxy) is 1. The first-order chi connectivity index (χ1) is 9.17. The molecule has 0 aliphatic heterocycles. The molecule has 1 unspecified atom stereocenters. The van der Waals surface area contributed by atoms with Gasteiger partial charge in [0.2, 0.25) is 0 Å². The van der Waals surface area contributed by atoms with E-state index in [2.05, 4.69) is 36.3 Å². The average Bonchev–Trinajstić information content (AvgIpc) is 2.89. The molecule has 1 heterocycles. The smallest absolute Gasteiger partial charge is 0.138 e. The zero-order valence-electron chi connectivity index (χ0n) is 12.5. The molecular formula is C13H27N5O. The van der Waals surface area contributed by atoms with Crippen molar-refractivity contribution >= 4 is 0 Å². The lowest BCUT2D eigenvalue weighted by molar-refractivity contribution is -0.0725. The first-order valence-electron chi connectivity index (χ1n) is 7.14. The Balaban J connectivity index is 2.91. The molecule has 1 rings (SSSR count). The number of nitrogens with two attached hydrogens (primary N) is 1. The largest absolute Gasteiger partial charge is 0.374 e. The van der Waals surface area contributed by atoms with Gasteiger partial charge in [-0.3, -0.25) is 16.0 Å². The summed E-state index contributed by atoms with van der Waals surface area (Å²) >= 11 is 0. The average molecular weight is 269 g/mol. The first-order valence-corrected chi connectivity index (χ1v) is 7.14. The van der Waals surface area contributed by atoms with Crippen LogP contribution in [0.5, 0.6) is 0 Å². The van der Waals surface area contributed by atoms with E-state index in [-0.39, 0.29) is 11.6 Å². The summed E-state index contributed by atoms with van der Waals surface area (Å²) in [6.45, 7) is 9.83. The van der Waals surface area contributed by atoms with Gasteiger partial charge in [0.25, 0.3) is 0 Å². The number of aromatic nitrogens is 3. The van der Waals surface area contributed by atoms with E-state index in [1.54, 1.807) is 6.33 Å². The van der Waals surface area contributed by atoms with Gasteiger partial charge in [-0.25, -0.2) is 4.98 Å². The quantitative estimate of drug-likeness (QED) is 0.521. The molecule has 1 atom stereocenters. The van der Waals surface area contributed by atoms with Gasteiger partial charge < -0.3 is 4.74 Å². The standard InChI is InChI=1S/C13H27N5O/c1-5-13(6-2,19-8-4)11(17-14)9-12-15-10-16-18(12)7-3/h10-11,17H,5-9,14H2,1-4H3. The molecule has 0 bridgehead atoms. The van der Waals surface area contributed by atoms with E-state index < -0.39 is 0 Å². The predicted molar refractivity (Wildman–Crippen MR) is 75.5 cm³/mol. The molecule has 0 radical (unpaired) electrons. The van der Waals surface area contributed by atoms with Gasteiger partial charge in [-0.15, -0.1) is 0 Å². The molecule has 6 nitrogen and oxygen atoms in total. The van der Waals surface area contributed by atoms with Crippen molar-refractivity contribution in [2.45, 2.75) is 65.1 Å². The zero-order valence-corrected chi connectivity index (χ0v) is 12.5. The fourth-order valence-corrected chi connectivity index (χ4v) is 2.62. The van der Waals surface area contributed by atoms with Crippen molar-refractivity contribution in [3.05, 3.63) is 12.2 Å². The summed E-state index contributed by atoms with van der Waals surface area (Å²) in [6, 6.07) is 0.0250. The van der Waals surface area contributed by atoms with Crippen LogP contribution in [0.1, 0.15) is 46.4 Å². The molecule has 110 valence electrons. The van der Waals surface area contributed by atoms with Crippen molar-refractivity contribution in [1.82, 2.24) is 20.2 Å². The third-order valence-corrected chi connectivity index (χ3v) is 3.85. The van der Waals surface area contributed by atoms with Gasteiger partial charge in [-0.05, 0) is 26.7 Å². The van der Waals surface area contributed by atoms with E-state index in [0.29, 0.717) is 13.0 Å². The Morgan fingerprint density at radius 2 is 2.05 bits per heavy atom. The monoisotopic (exact) mass is 269 g/mol. The molecule has 0 spiro atoms. The highest BCUT2D eigenvalue weighted by atomic mass is 16.5. The van der Waals surface area contributed by atoms with E-state index in [4.69, 9.17) is 10.6 Å². The minimum Gasteiger partial charge on any atom is -0.374 e. The molecule has 0 aliphatic rings. The summed E-state index contributed by atoms with van der Waals surface area (Å²) < 4.78 is 7.90. The summed E-state index contributed by atoms with van der Waals surface area (Å²) in [5.74, 6) is 6.70. The van der Waals surface area contributed by atoms with Gasteiger partial charge in [0.05, 0.1) is 11.6 Å². The number of aryl methyl sites for hydroxylation is 1. The van der Waals surface area contributed by atoms with Gasteiger partial charge in [0.1, 0.15) is 12.2 Å². The highest BCUT2D eigenvalue weighted by Crippen LogP contribution is 2.26. The molecular weight excluding hydrogens is 242 g/mol. The van der Waals surface area contributed by atoms with Crippen LogP contribution in [0.3, 0.4) is 0 Å². The Morgan fingerprint density at radius 3 is 2.53 bits per heavy atom. The van der Waals surface area contributed by atoms with Gasteiger partial charge >= 0.3 is 0 Å². The Hall–Kier alpha value is -0.980. The van der Waals surface area contributed by atoms with Crippen LogP contribution in [0.15, 0.2) is 6.33 Å².